The molecule has 3 saturated carbocycles. The van der Waals surface area contributed by atoms with E-state index in [-0.39, 0.29) is 12.1 Å². The van der Waals surface area contributed by atoms with Crippen molar-refractivity contribution in [3.05, 3.63) is 36.0 Å². The molecule has 4 rings (SSSR count). The molecule has 0 N–H and O–H groups in total. The highest BCUT2D eigenvalue weighted by Crippen LogP contribution is 2.67. The lowest BCUT2D eigenvalue weighted by molar-refractivity contribution is -0.148. The Morgan fingerprint density at radius 3 is 2.58 bits per heavy atom. The first-order valence-electron chi connectivity index (χ1n) is 13.8. The fraction of sp³-hybridized carbons (Fsp3) is 0.774. The number of esters is 1. The van der Waals surface area contributed by atoms with Crippen molar-refractivity contribution in [2.24, 2.45) is 46.3 Å². The molecule has 3 fully saturated rings. The van der Waals surface area contributed by atoms with E-state index >= 15 is 0 Å². The van der Waals surface area contributed by atoms with Crippen LogP contribution in [0.2, 0.25) is 0 Å². The SMILES string of the molecule is C=C(C)C(C=CC(C)C1CCC2C3CC=C4CC(OC(C)=O)CCC4(C)C3CCC12C)CC. The van der Waals surface area contributed by atoms with E-state index in [9.17, 15) is 4.79 Å². The van der Waals surface area contributed by atoms with Crippen molar-refractivity contribution in [1.82, 2.24) is 0 Å². The Morgan fingerprint density at radius 2 is 1.91 bits per heavy atom. The molecule has 0 spiro atoms. The Hall–Kier alpha value is -1.31. The summed E-state index contributed by atoms with van der Waals surface area (Å²) in [6, 6.07) is 0. The summed E-state index contributed by atoms with van der Waals surface area (Å²) in [4.78, 5) is 11.5. The van der Waals surface area contributed by atoms with E-state index in [1.165, 1.54) is 44.1 Å². The maximum atomic E-state index is 11.5. The van der Waals surface area contributed by atoms with Gasteiger partial charge < -0.3 is 4.74 Å². The summed E-state index contributed by atoms with van der Waals surface area (Å²) in [6.45, 7) is 17.9. The summed E-state index contributed by atoms with van der Waals surface area (Å²) in [7, 11) is 0. The fourth-order valence-electron chi connectivity index (χ4n) is 8.96. The van der Waals surface area contributed by atoms with Gasteiger partial charge in [0.1, 0.15) is 6.10 Å². The van der Waals surface area contributed by atoms with Gasteiger partial charge in [0.05, 0.1) is 0 Å². The van der Waals surface area contributed by atoms with Gasteiger partial charge in [-0.15, -0.1) is 0 Å². The second-order valence-electron chi connectivity index (χ2n) is 12.6. The summed E-state index contributed by atoms with van der Waals surface area (Å²) in [5.74, 6) is 4.36. The van der Waals surface area contributed by atoms with Crippen LogP contribution in [0.15, 0.2) is 36.0 Å². The third-order valence-electron chi connectivity index (χ3n) is 10.8. The van der Waals surface area contributed by atoms with Gasteiger partial charge in [0, 0.05) is 13.3 Å². The molecule has 0 saturated heterocycles. The smallest absolute Gasteiger partial charge is 0.302 e. The van der Waals surface area contributed by atoms with Gasteiger partial charge in [-0.05, 0) is 105 Å². The minimum Gasteiger partial charge on any atom is -0.462 e. The van der Waals surface area contributed by atoms with Crippen LogP contribution in [0.5, 0.6) is 0 Å². The summed E-state index contributed by atoms with van der Waals surface area (Å²) < 4.78 is 5.62. The zero-order valence-corrected chi connectivity index (χ0v) is 22.2. The van der Waals surface area contributed by atoms with E-state index in [2.05, 4.69) is 59.4 Å². The maximum Gasteiger partial charge on any atom is 0.302 e. The van der Waals surface area contributed by atoms with Crippen LogP contribution in [0.1, 0.15) is 99.3 Å². The van der Waals surface area contributed by atoms with Crippen LogP contribution in [0.4, 0.5) is 0 Å². The van der Waals surface area contributed by atoms with Crippen LogP contribution in [0.25, 0.3) is 0 Å². The first-order chi connectivity index (χ1) is 15.6. The standard InChI is InChI=1S/C31H48O2/c1-8-23(20(2)3)10-9-21(4)27-13-14-28-26-12-11-24-19-25(33-22(5)32)15-17-30(24,6)29(26)16-18-31(27,28)7/h9-11,21,23,25-29H,2,8,12-19H2,1,3-7H3. The highest BCUT2D eigenvalue weighted by molar-refractivity contribution is 5.66. The molecule has 2 nitrogen and oxygen atoms in total. The normalized spacial score (nSPS) is 42.0. The molecule has 0 aromatic rings. The van der Waals surface area contributed by atoms with Crippen LogP contribution in [-0.2, 0) is 9.53 Å². The minimum atomic E-state index is -0.125. The van der Waals surface area contributed by atoms with Gasteiger partial charge in [0.25, 0.3) is 0 Å². The lowest BCUT2D eigenvalue weighted by Gasteiger charge is -2.58. The topological polar surface area (TPSA) is 26.3 Å². The molecule has 0 bridgehead atoms. The quantitative estimate of drug-likeness (QED) is 0.299. The molecule has 33 heavy (non-hydrogen) atoms. The highest BCUT2D eigenvalue weighted by Gasteiger charge is 2.59. The molecular weight excluding hydrogens is 404 g/mol. The first-order valence-corrected chi connectivity index (χ1v) is 13.8. The van der Waals surface area contributed by atoms with E-state index < -0.39 is 0 Å². The van der Waals surface area contributed by atoms with Gasteiger partial charge in [0.15, 0.2) is 0 Å². The van der Waals surface area contributed by atoms with Crippen LogP contribution in [-0.4, -0.2) is 12.1 Å². The number of rotatable bonds is 6. The van der Waals surface area contributed by atoms with Gasteiger partial charge in [-0.3, -0.25) is 4.79 Å². The zero-order valence-electron chi connectivity index (χ0n) is 22.2. The number of carbonyl (C=O) groups is 1. The van der Waals surface area contributed by atoms with Gasteiger partial charge in [-0.2, -0.15) is 0 Å². The lowest BCUT2D eigenvalue weighted by Crippen LogP contribution is -2.51. The Labute approximate surface area is 203 Å². The molecule has 4 aliphatic rings. The van der Waals surface area contributed by atoms with Gasteiger partial charge in [-0.1, -0.05) is 63.6 Å². The lowest BCUT2D eigenvalue weighted by atomic mass is 9.47. The summed E-state index contributed by atoms with van der Waals surface area (Å²) >= 11 is 0. The van der Waals surface area contributed by atoms with Crippen molar-refractivity contribution in [1.29, 1.82) is 0 Å². The van der Waals surface area contributed by atoms with Crippen molar-refractivity contribution >= 4 is 5.97 Å². The van der Waals surface area contributed by atoms with Crippen LogP contribution >= 0.6 is 0 Å². The molecule has 9 atom stereocenters. The molecular formula is C31H48O2. The number of hydrogen-bond acceptors (Lipinski definition) is 2. The Balaban J connectivity index is 1.50. The molecule has 0 aromatic heterocycles. The van der Waals surface area contributed by atoms with Gasteiger partial charge in [0.2, 0.25) is 0 Å². The monoisotopic (exact) mass is 452 g/mol. The number of carbonyl (C=O) groups excluding carboxylic acids is 1. The van der Waals surface area contributed by atoms with Crippen molar-refractivity contribution in [3.63, 3.8) is 0 Å². The average molecular weight is 453 g/mol. The van der Waals surface area contributed by atoms with Crippen molar-refractivity contribution < 1.29 is 9.53 Å². The Bertz CT molecular complexity index is 821. The molecule has 2 heteroatoms. The van der Waals surface area contributed by atoms with E-state index in [1.807, 2.05) is 0 Å². The number of allylic oxidation sites excluding steroid dienone is 4. The Morgan fingerprint density at radius 1 is 1.15 bits per heavy atom. The molecule has 4 aliphatic carbocycles. The summed E-state index contributed by atoms with van der Waals surface area (Å²) in [5.41, 5.74) is 3.69. The third-order valence-corrected chi connectivity index (χ3v) is 10.8. The van der Waals surface area contributed by atoms with Gasteiger partial charge in [-0.25, -0.2) is 0 Å². The van der Waals surface area contributed by atoms with Crippen molar-refractivity contribution in [2.45, 2.75) is 105 Å². The second-order valence-corrected chi connectivity index (χ2v) is 12.6. The zero-order chi connectivity index (χ0) is 24.0. The average Bonchev–Trinajstić information content (AvgIpc) is 3.11. The third kappa shape index (κ3) is 4.41. The fourth-order valence-corrected chi connectivity index (χ4v) is 8.96. The molecule has 9 unspecified atom stereocenters. The van der Waals surface area contributed by atoms with E-state index in [0.29, 0.717) is 22.7 Å². The molecule has 0 amide bonds. The van der Waals surface area contributed by atoms with Crippen molar-refractivity contribution in [3.8, 4) is 0 Å². The molecule has 0 aliphatic heterocycles. The van der Waals surface area contributed by atoms with Crippen LogP contribution in [0, 0.1) is 46.3 Å². The summed E-state index contributed by atoms with van der Waals surface area (Å²) in [5, 5.41) is 0. The molecule has 0 heterocycles. The first kappa shape index (κ1) is 24.8. The predicted molar refractivity (Wildman–Crippen MR) is 138 cm³/mol. The largest absolute Gasteiger partial charge is 0.462 e. The second kappa shape index (κ2) is 9.38. The highest BCUT2D eigenvalue weighted by atomic mass is 16.5. The molecule has 0 radical (unpaired) electrons. The van der Waals surface area contributed by atoms with Crippen LogP contribution in [0.3, 0.4) is 0 Å². The van der Waals surface area contributed by atoms with Crippen LogP contribution < -0.4 is 0 Å². The molecule has 184 valence electrons. The van der Waals surface area contributed by atoms with Gasteiger partial charge >= 0.3 is 5.97 Å². The molecule has 0 aromatic carbocycles. The number of ether oxygens (including phenoxy) is 1. The van der Waals surface area contributed by atoms with E-state index in [0.717, 1.165) is 42.9 Å². The summed E-state index contributed by atoms with van der Waals surface area (Å²) in [6.07, 6.45) is 18.8. The Kier molecular flexibility index (Phi) is 7.05. The van der Waals surface area contributed by atoms with E-state index in [4.69, 9.17) is 4.74 Å². The predicted octanol–water partition coefficient (Wildman–Crippen LogP) is 8.29. The van der Waals surface area contributed by atoms with E-state index in [1.54, 1.807) is 12.5 Å². The van der Waals surface area contributed by atoms with Crippen molar-refractivity contribution in [2.75, 3.05) is 0 Å². The number of fused-ring (bicyclic) bond motifs is 5. The minimum absolute atomic E-state index is 0.0990. The maximum absolute atomic E-state index is 11.5. The number of hydrogen-bond donors (Lipinski definition) is 0.